The highest BCUT2D eigenvalue weighted by atomic mass is 16.3. The van der Waals surface area contributed by atoms with Crippen LogP contribution in [0.5, 0.6) is 0 Å². The third kappa shape index (κ3) is 6.50. The lowest BCUT2D eigenvalue weighted by Gasteiger charge is -2.36. The molecule has 0 saturated carbocycles. The number of aliphatic hydroxyl groups excluding tert-OH is 1. The third-order valence-electron chi connectivity index (χ3n) is 4.87. The van der Waals surface area contributed by atoms with E-state index in [1.54, 1.807) is 0 Å². The molecule has 0 aliphatic heterocycles. The second-order valence-corrected chi connectivity index (χ2v) is 7.40. The first kappa shape index (κ1) is 19.2. The Morgan fingerprint density at radius 1 is 1.27 bits per heavy atom. The van der Waals surface area contributed by atoms with Crippen LogP contribution in [0.25, 0.3) is 0 Å². The van der Waals surface area contributed by atoms with Gasteiger partial charge in [0.2, 0.25) is 0 Å². The van der Waals surface area contributed by atoms with Crippen molar-refractivity contribution in [3.63, 3.8) is 0 Å². The molecule has 0 aromatic carbocycles. The highest BCUT2D eigenvalue weighted by Crippen LogP contribution is 2.35. The summed E-state index contributed by atoms with van der Waals surface area (Å²) in [5, 5.41) is 20.7. The summed E-state index contributed by atoms with van der Waals surface area (Å²) in [4.78, 5) is 0. The molecule has 0 radical (unpaired) electrons. The fourth-order valence-corrected chi connectivity index (χ4v) is 3.03. The standard InChI is InChI=1S/C20H34O2/c1-15(2)8-6-9-16(3)10-7-13-20(5,22)18-12-11-17(4)19(21)14-18/h8,10-11,18-19,21-22H,6-7,9,12-14H2,1-5H3/b16-10+/t18-,19-,20+/m1/s1. The lowest BCUT2D eigenvalue weighted by Crippen LogP contribution is -2.38. The highest BCUT2D eigenvalue weighted by molar-refractivity contribution is 5.11. The van der Waals surface area contributed by atoms with E-state index in [0.29, 0.717) is 6.42 Å². The average Bonchev–Trinajstić information content (AvgIpc) is 2.41. The van der Waals surface area contributed by atoms with Crippen molar-refractivity contribution in [2.45, 2.75) is 84.8 Å². The average molecular weight is 306 g/mol. The van der Waals surface area contributed by atoms with Crippen LogP contribution in [0.15, 0.2) is 34.9 Å². The van der Waals surface area contributed by atoms with Gasteiger partial charge in [-0.05, 0) is 84.6 Å². The largest absolute Gasteiger partial charge is 0.390 e. The Morgan fingerprint density at radius 3 is 2.55 bits per heavy atom. The van der Waals surface area contributed by atoms with Gasteiger partial charge in [0.1, 0.15) is 0 Å². The topological polar surface area (TPSA) is 40.5 Å². The zero-order valence-corrected chi connectivity index (χ0v) is 15.0. The van der Waals surface area contributed by atoms with Gasteiger partial charge in [-0.15, -0.1) is 0 Å². The van der Waals surface area contributed by atoms with Crippen molar-refractivity contribution < 1.29 is 10.2 Å². The summed E-state index contributed by atoms with van der Waals surface area (Å²) in [7, 11) is 0. The van der Waals surface area contributed by atoms with Crippen molar-refractivity contribution >= 4 is 0 Å². The van der Waals surface area contributed by atoms with Crippen LogP contribution in [0.3, 0.4) is 0 Å². The summed E-state index contributed by atoms with van der Waals surface area (Å²) in [6, 6.07) is 0. The Balaban J connectivity index is 2.44. The minimum Gasteiger partial charge on any atom is -0.390 e. The Kier molecular flexibility index (Phi) is 7.58. The molecule has 1 rings (SSSR count). The minimum atomic E-state index is -0.700. The van der Waals surface area contributed by atoms with E-state index in [1.165, 1.54) is 11.1 Å². The number of hydrogen-bond acceptors (Lipinski definition) is 2. The van der Waals surface area contributed by atoms with Gasteiger partial charge in [0.25, 0.3) is 0 Å². The highest BCUT2D eigenvalue weighted by Gasteiger charge is 2.34. The van der Waals surface area contributed by atoms with Gasteiger partial charge in [-0.1, -0.05) is 29.4 Å². The summed E-state index contributed by atoms with van der Waals surface area (Å²) >= 11 is 0. The summed E-state index contributed by atoms with van der Waals surface area (Å²) in [5.74, 6) is 0.158. The van der Waals surface area contributed by atoms with E-state index in [-0.39, 0.29) is 12.0 Å². The summed E-state index contributed by atoms with van der Waals surface area (Å²) in [6.07, 6.45) is 11.6. The monoisotopic (exact) mass is 306 g/mol. The van der Waals surface area contributed by atoms with Gasteiger partial charge in [-0.25, -0.2) is 0 Å². The van der Waals surface area contributed by atoms with Crippen LogP contribution in [0.1, 0.15) is 73.1 Å². The predicted molar refractivity (Wildman–Crippen MR) is 94.8 cm³/mol. The number of aliphatic hydroxyl groups is 2. The van der Waals surface area contributed by atoms with Crippen LogP contribution in [0.4, 0.5) is 0 Å². The molecule has 0 heterocycles. The smallest absolute Gasteiger partial charge is 0.0751 e. The van der Waals surface area contributed by atoms with Gasteiger partial charge in [0.05, 0.1) is 11.7 Å². The van der Waals surface area contributed by atoms with Crippen LogP contribution >= 0.6 is 0 Å². The van der Waals surface area contributed by atoms with Crippen LogP contribution < -0.4 is 0 Å². The molecule has 0 amide bonds. The molecule has 0 fully saturated rings. The Hall–Kier alpha value is -0.860. The normalized spacial score (nSPS) is 25.4. The van der Waals surface area contributed by atoms with E-state index in [0.717, 1.165) is 37.7 Å². The van der Waals surface area contributed by atoms with Gasteiger partial charge in [-0.3, -0.25) is 0 Å². The molecule has 1 aliphatic carbocycles. The Morgan fingerprint density at radius 2 is 1.95 bits per heavy atom. The van der Waals surface area contributed by atoms with Gasteiger partial charge >= 0.3 is 0 Å². The second-order valence-electron chi connectivity index (χ2n) is 7.40. The number of hydrogen-bond donors (Lipinski definition) is 2. The Bertz CT molecular complexity index is 437. The molecule has 0 aromatic rings. The summed E-state index contributed by atoms with van der Waals surface area (Å²) in [5.41, 5.74) is 3.11. The molecule has 2 nitrogen and oxygen atoms in total. The molecule has 0 spiro atoms. The summed E-state index contributed by atoms with van der Waals surface area (Å²) < 4.78 is 0. The van der Waals surface area contributed by atoms with Crippen molar-refractivity contribution in [3.8, 4) is 0 Å². The van der Waals surface area contributed by atoms with E-state index >= 15 is 0 Å². The maximum Gasteiger partial charge on any atom is 0.0751 e. The van der Waals surface area contributed by atoms with E-state index in [4.69, 9.17) is 0 Å². The SMILES string of the molecule is CC(C)=CCC/C(C)=C/CC[C@](C)(O)[C@@H]1CC=C(C)[C@H](O)C1. The molecule has 22 heavy (non-hydrogen) atoms. The molecule has 0 aromatic heterocycles. The minimum absolute atomic E-state index is 0.158. The predicted octanol–water partition coefficient (Wildman–Crippen LogP) is 4.93. The molecule has 3 atom stereocenters. The molecule has 2 heteroatoms. The maximum absolute atomic E-state index is 10.7. The second kappa shape index (κ2) is 8.69. The van der Waals surface area contributed by atoms with E-state index in [1.807, 2.05) is 13.8 Å². The maximum atomic E-state index is 10.7. The first-order valence-corrected chi connectivity index (χ1v) is 8.58. The van der Waals surface area contributed by atoms with Crippen molar-refractivity contribution in [1.82, 2.24) is 0 Å². The van der Waals surface area contributed by atoms with Gasteiger partial charge in [-0.2, -0.15) is 0 Å². The lowest BCUT2D eigenvalue weighted by atomic mass is 9.75. The van der Waals surface area contributed by atoms with Crippen LogP contribution in [-0.4, -0.2) is 21.9 Å². The lowest BCUT2D eigenvalue weighted by molar-refractivity contribution is -0.0270. The van der Waals surface area contributed by atoms with Crippen LogP contribution in [0, 0.1) is 5.92 Å². The first-order valence-electron chi connectivity index (χ1n) is 8.58. The van der Waals surface area contributed by atoms with Crippen LogP contribution in [0.2, 0.25) is 0 Å². The van der Waals surface area contributed by atoms with E-state index in [9.17, 15) is 10.2 Å². The van der Waals surface area contributed by atoms with E-state index in [2.05, 4.69) is 39.0 Å². The Labute approximate surface area is 136 Å². The van der Waals surface area contributed by atoms with Gasteiger partial charge < -0.3 is 10.2 Å². The zero-order chi connectivity index (χ0) is 16.8. The van der Waals surface area contributed by atoms with Crippen molar-refractivity contribution in [2.24, 2.45) is 5.92 Å². The quantitative estimate of drug-likeness (QED) is 0.655. The van der Waals surface area contributed by atoms with Crippen molar-refractivity contribution in [2.75, 3.05) is 0 Å². The van der Waals surface area contributed by atoms with Gasteiger partial charge in [0, 0.05) is 0 Å². The number of allylic oxidation sites excluding steroid dienone is 5. The molecular formula is C20H34O2. The number of rotatable bonds is 7. The van der Waals surface area contributed by atoms with E-state index < -0.39 is 5.60 Å². The molecule has 0 bridgehead atoms. The van der Waals surface area contributed by atoms with Gasteiger partial charge in [0.15, 0.2) is 0 Å². The molecule has 0 saturated heterocycles. The fourth-order valence-electron chi connectivity index (χ4n) is 3.03. The van der Waals surface area contributed by atoms with Crippen molar-refractivity contribution in [3.05, 3.63) is 34.9 Å². The van der Waals surface area contributed by atoms with Crippen LogP contribution in [-0.2, 0) is 0 Å². The molecule has 2 N–H and O–H groups in total. The zero-order valence-electron chi connectivity index (χ0n) is 15.0. The molecule has 0 unspecified atom stereocenters. The summed E-state index contributed by atoms with van der Waals surface area (Å²) in [6.45, 7) is 10.3. The third-order valence-corrected chi connectivity index (χ3v) is 4.87. The first-order chi connectivity index (χ1) is 10.2. The van der Waals surface area contributed by atoms with Crippen molar-refractivity contribution in [1.29, 1.82) is 0 Å². The molecular weight excluding hydrogens is 272 g/mol. The molecule has 126 valence electrons. The molecule has 1 aliphatic rings. The fraction of sp³-hybridized carbons (Fsp3) is 0.700.